The minimum absolute atomic E-state index is 0.0135. The van der Waals surface area contributed by atoms with Crippen molar-refractivity contribution >= 4 is 11.3 Å². The quantitative estimate of drug-likeness (QED) is 0.302. The van der Waals surface area contributed by atoms with E-state index in [1.807, 2.05) is 24.3 Å². The summed E-state index contributed by atoms with van der Waals surface area (Å²) >= 11 is 0. The lowest BCUT2D eigenvalue weighted by molar-refractivity contribution is 0.0566. The smallest absolute Gasteiger partial charge is 0.333 e. The van der Waals surface area contributed by atoms with Crippen LogP contribution in [0.15, 0.2) is 67.5 Å². The molecule has 0 radical (unpaired) electrons. The Labute approximate surface area is 221 Å². The zero-order valence-electron chi connectivity index (χ0n) is 20.4. The average molecular weight is 523 g/mol. The highest BCUT2D eigenvalue weighted by molar-refractivity contribution is 5.87. The molecular weight excluding hydrogens is 502 g/mol. The molecule has 6 heterocycles. The first-order valence-corrected chi connectivity index (χ1v) is 12.1. The maximum Gasteiger partial charge on any atom is 0.333 e. The Kier molecular flexibility index (Phi) is 6.10. The largest absolute Gasteiger partial charge is 0.487 e. The summed E-state index contributed by atoms with van der Waals surface area (Å²) < 4.78 is 34.4. The molecule has 1 aliphatic heterocycles. The highest BCUT2D eigenvalue weighted by atomic mass is 19.3. The van der Waals surface area contributed by atoms with Gasteiger partial charge in [-0.3, -0.25) is 0 Å². The van der Waals surface area contributed by atoms with Crippen LogP contribution in [0.5, 0.6) is 5.75 Å². The van der Waals surface area contributed by atoms with Crippen LogP contribution in [0.25, 0.3) is 27.8 Å². The molecule has 5 aromatic heterocycles. The number of hydrogen-bond donors (Lipinski definition) is 0. The lowest BCUT2D eigenvalue weighted by atomic mass is 10.0. The fraction of sp³-hybridized carbons (Fsp3) is 0.179. The van der Waals surface area contributed by atoms with Crippen molar-refractivity contribution in [1.29, 1.82) is 5.26 Å². The van der Waals surface area contributed by atoms with Gasteiger partial charge in [-0.1, -0.05) is 5.92 Å². The second-order valence-electron chi connectivity index (χ2n) is 9.00. The van der Waals surface area contributed by atoms with Crippen LogP contribution in [0.4, 0.5) is 14.6 Å². The standard InChI is InChI=1S/C28H20F2N8O/c1-2-22-4-5-23(14-32-22)39-24-7-8-36(17-24)26-6-3-18(11-33-26)25-9-19(21-13-35-38(16-21)28(29)30)15-37-27(25)20(10-31)12-34-37/h1,3-6,9,11-16,24,28H,7-8,17H2/t24-/m0/s1. The number of rotatable bonds is 6. The summed E-state index contributed by atoms with van der Waals surface area (Å²) in [7, 11) is 0. The second-order valence-corrected chi connectivity index (χ2v) is 9.00. The van der Waals surface area contributed by atoms with Crippen molar-refractivity contribution in [2.75, 3.05) is 18.0 Å². The number of ether oxygens (including phenoxy) is 1. The molecule has 0 N–H and O–H groups in total. The van der Waals surface area contributed by atoms with Gasteiger partial charge in [0.2, 0.25) is 0 Å². The first-order chi connectivity index (χ1) is 19.0. The van der Waals surface area contributed by atoms with Crippen LogP contribution in [0.3, 0.4) is 0 Å². The van der Waals surface area contributed by atoms with Crippen LogP contribution in [0, 0.1) is 23.7 Å². The lowest BCUT2D eigenvalue weighted by Gasteiger charge is -2.18. The molecule has 5 aromatic rings. The van der Waals surface area contributed by atoms with Crippen LogP contribution in [0.1, 0.15) is 24.2 Å². The van der Waals surface area contributed by atoms with Crippen molar-refractivity contribution in [3.8, 4) is 46.4 Å². The third-order valence-electron chi connectivity index (χ3n) is 6.58. The fourth-order valence-corrected chi connectivity index (χ4v) is 4.67. The fourth-order valence-electron chi connectivity index (χ4n) is 4.67. The highest BCUT2D eigenvalue weighted by Crippen LogP contribution is 2.33. The van der Waals surface area contributed by atoms with E-state index in [0.717, 1.165) is 24.3 Å². The molecule has 0 amide bonds. The van der Waals surface area contributed by atoms with Crippen molar-refractivity contribution < 1.29 is 13.5 Å². The lowest BCUT2D eigenvalue weighted by Crippen LogP contribution is -2.25. The molecule has 9 nitrogen and oxygen atoms in total. The van der Waals surface area contributed by atoms with E-state index >= 15 is 0 Å². The van der Waals surface area contributed by atoms with Crippen molar-refractivity contribution in [2.45, 2.75) is 19.1 Å². The first kappa shape index (κ1) is 24.1. The van der Waals surface area contributed by atoms with Crippen LogP contribution in [0.2, 0.25) is 0 Å². The van der Waals surface area contributed by atoms with Crippen molar-refractivity contribution in [1.82, 2.24) is 29.4 Å². The van der Waals surface area contributed by atoms with Gasteiger partial charge in [-0.25, -0.2) is 19.2 Å². The summed E-state index contributed by atoms with van der Waals surface area (Å²) in [5.74, 6) is 3.95. The number of terminal acetylenes is 1. The molecule has 1 aliphatic rings. The number of nitriles is 1. The van der Waals surface area contributed by atoms with Gasteiger partial charge in [0.05, 0.1) is 36.2 Å². The Balaban J connectivity index is 1.26. The Morgan fingerprint density at radius 2 is 1.90 bits per heavy atom. The molecule has 11 heteroatoms. The molecule has 1 saturated heterocycles. The predicted molar refractivity (Wildman–Crippen MR) is 139 cm³/mol. The van der Waals surface area contributed by atoms with E-state index in [9.17, 15) is 14.0 Å². The van der Waals surface area contributed by atoms with Gasteiger partial charge in [-0.15, -0.1) is 6.42 Å². The third kappa shape index (κ3) is 4.62. The summed E-state index contributed by atoms with van der Waals surface area (Å²) in [5.41, 5.74) is 4.16. The zero-order chi connectivity index (χ0) is 26.9. The van der Waals surface area contributed by atoms with Gasteiger partial charge in [0.15, 0.2) is 0 Å². The van der Waals surface area contributed by atoms with E-state index in [1.54, 1.807) is 29.2 Å². The van der Waals surface area contributed by atoms with Crippen LogP contribution in [-0.2, 0) is 0 Å². The number of aromatic nitrogens is 6. The predicted octanol–water partition coefficient (Wildman–Crippen LogP) is 4.56. The zero-order valence-corrected chi connectivity index (χ0v) is 20.4. The van der Waals surface area contributed by atoms with Gasteiger partial charge in [0, 0.05) is 53.8 Å². The SMILES string of the molecule is C#Cc1ccc(O[C@H]2CCN(c3ccc(-c4cc(-c5cnn(C(F)F)c5)cn5ncc(C#N)c45)cn3)C2)cn1. The maximum atomic E-state index is 13.1. The molecule has 0 aliphatic carbocycles. The Bertz CT molecular complexity index is 1730. The summed E-state index contributed by atoms with van der Waals surface area (Å²) in [6.07, 6.45) is 15.4. The summed E-state index contributed by atoms with van der Waals surface area (Å²) in [6.45, 7) is -1.30. The van der Waals surface area contributed by atoms with Gasteiger partial charge in [-0.2, -0.15) is 24.2 Å². The molecule has 0 saturated carbocycles. The van der Waals surface area contributed by atoms with E-state index in [-0.39, 0.29) is 6.10 Å². The van der Waals surface area contributed by atoms with Gasteiger partial charge >= 0.3 is 6.55 Å². The third-order valence-corrected chi connectivity index (χ3v) is 6.58. The normalized spacial score (nSPS) is 15.0. The van der Waals surface area contributed by atoms with Crippen LogP contribution in [-0.4, -0.2) is 48.6 Å². The van der Waals surface area contributed by atoms with Crippen molar-refractivity contribution in [2.24, 2.45) is 0 Å². The summed E-state index contributed by atoms with van der Waals surface area (Å²) in [6, 6.07) is 11.4. The molecule has 0 spiro atoms. The first-order valence-electron chi connectivity index (χ1n) is 12.1. The Hall–Kier alpha value is -5.29. The Morgan fingerprint density at radius 3 is 2.59 bits per heavy atom. The van der Waals surface area contributed by atoms with E-state index in [0.29, 0.717) is 50.4 Å². The monoisotopic (exact) mass is 522 g/mol. The highest BCUT2D eigenvalue weighted by Gasteiger charge is 2.25. The van der Waals surface area contributed by atoms with Gasteiger partial charge in [-0.05, 0) is 30.3 Å². The average Bonchev–Trinajstić information content (AvgIpc) is 3.73. The number of anilines is 1. The number of nitrogens with zero attached hydrogens (tertiary/aromatic N) is 8. The number of fused-ring (bicyclic) bond motifs is 1. The molecule has 0 bridgehead atoms. The number of alkyl halides is 2. The summed E-state index contributed by atoms with van der Waals surface area (Å²) in [4.78, 5) is 11.0. The van der Waals surface area contributed by atoms with E-state index in [4.69, 9.17) is 11.2 Å². The van der Waals surface area contributed by atoms with Gasteiger partial charge < -0.3 is 9.64 Å². The maximum absolute atomic E-state index is 13.1. The second kappa shape index (κ2) is 9.88. The molecule has 192 valence electrons. The van der Waals surface area contributed by atoms with Crippen LogP contribution < -0.4 is 9.64 Å². The van der Waals surface area contributed by atoms with Crippen LogP contribution >= 0.6 is 0 Å². The molecule has 0 aromatic carbocycles. The molecule has 6 rings (SSSR count). The van der Waals surface area contributed by atoms with E-state index in [1.165, 1.54) is 18.6 Å². The van der Waals surface area contributed by atoms with Crippen molar-refractivity contribution in [3.63, 3.8) is 0 Å². The summed E-state index contributed by atoms with van der Waals surface area (Å²) in [5, 5.41) is 17.7. The molecule has 0 unspecified atom stereocenters. The number of pyridine rings is 3. The number of halogens is 2. The topological polar surface area (TPSA) is 97.2 Å². The van der Waals surface area contributed by atoms with Gasteiger partial charge in [0.1, 0.15) is 29.4 Å². The van der Waals surface area contributed by atoms with E-state index in [2.05, 4.69) is 37.1 Å². The molecule has 1 fully saturated rings. The van der Waals surface area contributed by atoms with E-state index < -0.39 is 6.55 Å². The van der Waals surface area contributed by atoms with Crippen molar-refractivity contribution in [3.05, 3.63) is 78.8 Å². The minimum Gasteiger partial charge on any atom is -0.487 e. The number of hydrogen-bond acceptors (Lipinski definition) is 7. The molecule has 39 heavy (non-hydrogen) atoms. The molecular formula is C28H20F2N8O. The Morgan fingerprint density at radius 1 is 1.00 bits per heavy atom. The van der Waals surface area contributed by atoms with Gasteiger partial charge in [0.25, 0.3) is 0 Å². The minimum atomic E-state index is -2.74. The molecule has 1 atom stereocenters.